The average molecular weight is 473 g/mol. The fraction of sp³-hybridized carbons (Fsp3) is 0.538. The third-order valence-corrected chi connectivity index (χ3v) is 8.24. The molecule has 1 atom stereocenters. The number of benzene rings is 1. The fourth-order valence-electron chi connectivity index (χ4n) is 5.22. The highest BCUT2D eigenvalue weighted by Gasteiger charge is 2.34. The molecule has 1 fully saturated rings. The minimum Gasteiger partial charge on any atom is -0.375 e. The van der Waals surface area contributed by atoms with Gasteiger partial charge in [0.05, 0.1) is 4.88 Å². The highest BCUT2D eigenvalue weighted by molar-refractivity contribution is 7.12. The number of carbonyl (C=O) groups excluding carboxylic acids is 2. The first-order valence-corrected chi connectivity index (χ1v) is 12.7. The molecule has 1 aromatic heterocycles. The number of thiophene rings is 1. The molecule has 0 saturated carbocycles. The van der Waals surface area contributed by atoms with Crippen molar-refractivity contribution in [2.24, 2.45) is 5.92 Å². The molecule has 0 N–H and O–H groups in total. The Morgan fingerprint density at radius 1 is 1.18 bits per heavy atom. The number of carbonyl (C=O) groups is 2. The number of hydrogen-bond donors (Lipinski definition) is 0. The predicted octanol–water partition coefficient (Wildman–Crippen LogP) is 4.33. The van der Waals surface area contributed by atoms with Crippen molar-refractivity contribution >= 4 is 23.2 Å². The van der Waals surface area contributed by atoms with Crippen LogP contribution in [0.25, 0.3) is 0 Å². The van der Waals surface area contributed by atoms with Gasteiger partial charge in [-0.3, -0.25) is 9.59 Å². The number of nitrogens with zero attached hydrogens (tertiary/aromatic N) is 2. The first kappa shape index (κ1) is 23.9. The Hall–Kier alpha value is -2.25. The molecule has 4 rings (SSSR count). The molecule has 1 aliphatic heterocycles. The van der Waals surface area contributed by atoms with Crippen molar-refractivity contribution in [3.05, 3.63) is 57.0 Å². The largest absolute Gasteiger partial charge is 0.375 e. The highest BCUT2D eigenvalue weighted by atomic mass is 32.1. The number of rotatable bonds is 7. The van der Waals surface area contributed by atoms with Crippen LogP contribution in [0.5, 0.6) is 0 Å². The molecule has 178 valence electrons. The van der Waals surface area contributed by atoms with Crippen molar-refractivity contribution in [3.8, 4) is 0 Å². The Bertz CT molecular complexity index is 966. The minimum absolute atomic E-state index is 0.0233. The molecule has 1 aromatic carbocycles. The van der Waals surface area contributed by atoms with Crippen LogP contribution in [0.1, 0.15) is 52.0 Å². The van der Waals surface area contributed by atoms with Crippen molar-refractivity contribution < 1.29 is 18.7 Å². The van der Waals surface area contributed by atoms with Gasteiger partial charge >= 0.3 is 0 Å². The molecule has 2 heterocycles. The van der Waals surface area contributed by atoms with Gasteiger partial charge in [-0.15, -0.1) is 11.3 Å². The molecule has 2 aliphatic rings. The number of likely N-dealkylation sites (N-methyl/N-ethyl adjacent to an activating group) is 1. The number of halogens is 1. The second-order valence-electron chi connectivity index (χ2n) is 9.24. The van der Waals surface area contributed by atoms with E-state index in [1.165, 1.54) is 43.2 Å². The maximum absolute atomic E-state index is 13.4. The molecule has 2 amide bonds. The molecular formula is C26H33FN2O3S. The highest BCUT2D eigenvalue weighted by Crippen LogP contribution is 2.33. The molecule has 0 radical (unpaired) electrons. The zero-order chi connectivity index (χ0) is 23.4. The van der Waals surface area contributed by atoms with Crippen molar-refractivity contribution in [2.45, 2.75) is 51.0 Å². The van der Waals surface area contributed by atoms with E-state index in [1.807, 2.05) is 11.9 Å². The second kappa shape index (κ2) is 10.8. The third kappa shape index (κ3) is 5.46. The van der Waals surface area contributed by atoms with E-state index in [0.717, 1.165) is 36.1 Å². The molecule has 33 heavy (non-hydrogen) atoms. The van der Waals surface area contributed by atoms with Crippen LogP contribution in [0.3, 0.4) is 0 Å². The second-order valence-corrected chi connectivity index (χ2v) is 10.1. The van der Waals surface area contributed by atoms with E-state index in [0.29, 0.717) is 19.5 Å². The lowest BCUT2D eigenvalue weighted by molar-refractivity contribution is -0.137. The maximum Gasteiger partial charge on any atom is 0.264 e. The summed E-state index contributed by atoms with van der Waals surface area (Å²) in [7, 11) is 3.35. The lowest BCUT2D eigenvalue weighted by atomic mass is 9.84. The zero-order valence-electron chi connectivity index (χ0n) is 19.5. The van der Waals surface area contributed by atoms with Crippen LogP contribution in [-0.4, -0.2) is 61.5 Å². The van der Waals surface area contributed by atoms with Crippen LogP contribution in [0, 0.1) is 11.7 Å². The van der Waals surface area contributed by atoms with Gasteiger partial charge in [-0.05, 0) is 85.1 Å². The summed E-state index contributed by atoms with van der Waals surface area (Å²) in [4.78, 5) is 30.6. The molecule has 0 bridgehead atoms. The van der Waals surface area contributed by atoms with Gasteiger partial charge in [-0.1, -0.05) is 12.1 Å². The van der Waals surface area contributed by atoms with Crippen LogP contribution >= 0.6 is 11.3 Å². The lowest BCUT2D eigenvalue weighted by Gasteiger charge is -2.40. The average Bonchev–Trinajstić information content (AvgIpc) is 3.27. The quantitative estimate of drug-likeness (QED) is 0.603. The number of ether oxygens (including phenoxy) is 1. The van der Waals surface area contributed by atoms with Gasteiger partial charge in [0.2, 0.25) is 5.91 Å². The van der Waals surface area contributed by atoms with E-state index in [1.54, 1.807) is 28.4 Å². The molecular weight excluding hydrogens is 439 g/mol. The Balaban J connectivity index is 1.44. The van der Waals surface area contributed by atoms with Gasteiger partial charge in [0, 0.05) is 33.3 Å². The molecule has 7 heteroatoms. The van der Waals surface area contributed by atoms with Gasteiger partial charge in [0.25, 0.3) is 5.91 Å². The SMILES string of the molecule is COCC(=O)N(C)[C@@H](Cc1ccc(F)cc1)C1CCN(C(=O)c2scc3c2CCCC3)CC1. The molecule has 0 spiro atoms. The van der Waals surface area contributed by atoms with Crippen LogP contribution in [-0.2, 0) is 28.8 Å². The van der Waals surface area contributed by atoms with Crippen LogP contribution in [0.15, 0.2) is 29.6 Å². The topological polar surface area (TPSA) is 49.9 Å². The third-order valence-electron chi connectivity index (χ3n) is 7.19. The van der Waals surface area contributed by atoms with Crippen molar-refractivity contribution in [2.75, 3.05) is 33.9 Å². The van der Waals surface area contributed by atoms with Gasteiger partial charge < -0.3 is 14.5 Å². The van der Waals surface area contributed by atoms with Crippen molar-refractivity contribution in [1.82, 2.24) is 9.80 Å². The van der Waals surface area contributed by atoms with E-state index in [9.17, 15) is 14.0 Å². The number of piperidine rings is 1. The summed E-state index contributed by atoms with van der Waals surface area (Å²) in [6, 6.07) is 6.48. The van der Waals surface area contributed by atoms with Crippen LogP contribution in [0.2, 0.25) is 0 Å². The molecule has 1 saturated heterocycles. The first-order chi connectivity index (χ1) is 16.0. The smallest absolute Gasteiger partial charge is 0.264 e. The standard InChI is InChI=1S/C26H33FN2O3S/c1-28(24(30)16-32-2)23(15-18-7-9-21(27)10-8-18)19-11-13-29(14-12-19)26(31)25-22-6-4-3-5-20(22)17-33-25/h7-10,17,19,23H,3-6,11-16H2,1-2H3/t23-/m0/s1. The van der Waals surface area contributed by atoms with E-state index < -0.39 is 0 Å². The Kier molecular flexibility index (Phi) is 7.81. The number of likely N-dealkylation sites (tertiary alicyclic amines) is 1. The molecule has 0 unspecified atom stereocenters. The van der Waals surface area contributed by atoms with E-state index in [4.69, 9.17) is 4.74 Å². The monoisotopic (exact) mass is 472 g/mol. The van der Waals surface area contributed by atoms with E-state index in [-0.39, 0.29) is 36.2 Å². The Morgan fingerprint density at radius 3 is 2.58 bits per heavy atom. The number of hydrogen-bond acceptors (Lipinski definition) is 4. The molecule has 2 aromatic rings. The number of aryl methyl sites for hydroxylation is 1. The Labute approximate surface area is 199 Å². The summed E-state index contributed by atoms with van der Waals surface area (Å²) >= 11 is 1.60. The maximum atomic E-state index is 13.4. The van der Waals surface area contributed by atoms with Crippen LogP contribution in [0.4, 0.5) is 4.39 Å². The summed E-state index contributed by atoms with van der Waals surface area (Å²) in [6.45, 7) is 1.43. The summed E-state index contributed by atoms with van der Waals surface area (Å²) in [5, 5.41) is 2.17. The molecule has 1 aliphatic carbocycles. The van der Waals surface area contributed by atoms with E-state index in [2.05, 4.69) is 5.38 Å². The normalized spacial score (nSPS) is 17.5. The number of methoxy groups -OCH3 is 1. The van der Waals surface area contributed by atoms with Gasteiger partial charge in [-0.25, -0.2) is 4.39 Å². The first-order valence-electron chi connectivity index (χ1n) is 11.9. The summed E-state index contributed by atoms with van der Waals surface area (Å²) in [6.07, 6.45) is 6.83. The van der Waals surface area contributed by atoms with Gasteiger partial charge in [0.15, 0.2) is 0 Å². The van der Waals surface area contributed by atoms with Crippen LogP contribution < -0.4 is 0 Å². The lowest BCUT2D eigenvalue weighted by Crippen LogP contribution is -2.49. The summed E-state index contributed by atoms with van der Waals surface area (Å²) in [5.74, 6) is 0.109. The van der Waals surface area contributed by atoms with Crippen molar-refractivity contribution in [1.29, 1.82) is 0 Å². The summed E-state index contributed by atoms with van der Waals surface area (Å²) < 4.78 is 18.5. The fourth-order valence-corrected chi connectivity index (χ4v) is 6.35. The number of amides is 2. The van der Waals surface area contributed by atoms with Gasteiger partial charge in [-0.2, -0.15) is 0 Å². The van der Waals surface area contributed by atoms with E-state index >= 15 is 0 Å². The molecule has 5 nitrogen and oxygen atoms in total. The zero-order valence-corrected chi connectivity index (χ0v) is 20.3. The number of fused-ring (bicyclic) bond motifs is 1. The Morgan fingerprint density at radius 2 is 1.88 bits per heavy atom. The van der Waals surface area contributed by atoms with Crippen molar-refractivity contribution in [3.63, 3.8) is 0 Å². The minimum atomic E-state index is -0.262. The van der Waals surface area contributed by atoms with Gasteiger partial charge in [0.1, 0.15) is 12.4 Å². The predicted molar refractivity (Wildman–Crippen MR) is 128 cm³/mol. The summed E-state index contributed by atoms with van der Waals surface area (Å²) in [5.41, 5.74) is 3.64.